The van der Waals surface area contributed by atoms with Gasteiger partial charge in [-0.15, -0.1) is 0 Å². The summed E-state index contributed by atoms with van der Waals surface area (Å²) in [6, 6.07) is 9.14. The number of methoxy groups -OCH3 is 1. The van der Waals surface area contributed by atoms with E-state index in [1.807, 2.05) is 0 Å². The molecule has 0 spiro atoms. The minimum Gasteiger partial charge on any atom is -0.382 e. The molecule has 0 saturated carbocycles. The first kappa shape index (κ1) is 12.6. The van der Waals surface area contributed by atoms with Crippen LogP contribution in [0.2, 0.25) is 0 Å². The Morgan fingerprint density at radius 1 is 1.35 bits per heavy atom. The molecule has 0 aromatic heterocycles. The van der Waals surface area contributed by atoms with Crippen LogP contribution in [0.3, 0.4) is 0 Å². The number of nitrogens with one attached hydrogen (secondary N) is 1. The normalized spacial score (nSPS) is 21.6. The second kappa shape index (κ2) is 6.18. The number of hydrogen-bond donors (Lipinski definition) is 1. The van der Waals surface area contributed by atoms with Crippen molar-refractivity contribution in [3.05, 3.63) is 35.4 Å². The monoisotopic (exact) mass is 233 g/mol. The molecule has 2 atom stereocenters. The number of benzene rings is 1. The minimum atomic E-state index is 0.355. The fourth-order valence-corrected chi connectivity index (χ4v) is 2.38. The molecule has 2 rings (SSSR count). The zero-order valence-corrected chi connectivity index (χ0v) is 10.9. The van der Waals surface area contributed by atoms with E-state index >= 15 is 0 Å². The van der Waals surface area contributed by atoms with E-state index in [-0.39, 0.29) is 0 Å². The van der Waals surface area contributed by atoms with Crippen molar-refractivity contribution in [2.45, 2.75) is 38.2 Å². The Bertz CT molecular complexity index is 327. The first-order valence-corrected chi connectivity index (χ1v) is 6.62. The van der Waals surface area contributed by atoms with Gasteiger partial charge in [0.15, 0.2) is 0 Å². The Balaban J connectivity index is 1.88. The average Bonchev–Trinajstić information content (AvgIpc) is 2.90. The summed E-state index contributed by atoms with van der Waals surface area (Å²) < 4.78 is 5.27. The largest absolute Gasteiger partial charge is 0.382 e. The topological polar surface area (TPSA) is 21.3 Å². The average molecular weight is 233 g/mol. The molecule has 1 aromatic carbocycles. The lowest BCUT2D eigenvalue weighted by molar-refractivity contribution is 0.111. The first-order chi connectivity index (χ1) is 8.29. The Kier molecular flexibility index (Phi) is 4.57. The summed E-state index contributed by atoms with van der Waals surface area (Å²) in [4.78, 5) is 0. The maximum atomic E-state index is 5.27. The van der Waals surface area contributed by atoms with Crippen molar-refractivity contribution in [2.75, 3.05) is 20.2 Å². The van der Waals surface area contributed by atoms with Gasteiger partial charge in [-0.25, -0.2) is 0 Å². The van der Waals surface area contributed by atoms with Crippen molar-refractivity contribution in [2.24, 2.45) is 0 Å². The van der Waals surface area contributed by atoms with Crippen LogP contribution in [0.4, 0.5) is 0 Å². The molecule has 94 valence electrons. The first-order valence-electron chi connectivity index (χ1n) is 6.62. The predicted molar refractivity (Wildman–Crippen MR) is 71.5 cm³/mol. The summed E-state index contributed by atoms with van der Waals surface area (Å²) in [5.74, 6) is 0.724. The molecule has 1 aliphatic heterocycles. The Morgan fingerprint density at radius 3 is 2.71 bits per heavy atom. The molecule has 2 nitrogen and oxygen atoms in total. The van der Waals surface area contributed by atoms with Crippen LogP contribution in [0, 0.1) is 0 Å². The van der Waals surface area contributed by atoms with E-state index in [0.717, 1.165) is 31.8 Å². The summed E-state index contributed by atoms with van der Waals surface area (Å²) in [5, 5.41) is 3.42. The van der Waals surface area contributed by atoms with Gasteiger partial charge in [-0.05, 0) is 49.8 Å². The third-order valence-corrected chi connectivity index (χ3v) is 3.75. The molecular formula is C15H23NO. The Morgan fingerprint density at radius 2 is 2.12 bits per heavy atom. The summed E-state index contributed by atoms with van der Waals surface area (Å²) in [7, 11) is 1.78. The van der Waals surface area contributed by atoms with Crippen LogP contribution < -0.4 is 5.32 Å². The van der Waals surface area contributed by atoms with Crippen LogP contribution in [0.1, 0.15) is 36.8 Å². The maximum Gasteiger partial charge on any atom is 0.0546 e. The van der Waals surface area contributed by atoms with Gasteiger partial charge in [0, 0.05) is 13.7 Å². The molecule has 0 radical (unpaired) electrons. The third kappa shape index (κ3) is 3.55. The highest BCUT2D eigenvalue weighted by atomic mass is 16.5. The summed E-state index contributed by atoms with van der Waals surface area (Å²) in [6.07, 6.45) is 3.84. The molecule has 1 saturated heterocycles. The van der Waals surface area contributed by atoms with Gasteiger partial charge in [-0.2, -0.15) is 0 Å². The zero-order valence-electron chi connectivity index (χ0n) is 10.9. The van der Waals surface area contributed by atoms with E-state index in [2.05, 4.69) is 36.5 Å². The van der Waals surface area contributed by atoms with Crippen LogP contribution in [-0.2, 0) is 11.2 Å². The summed E-state index contributed by atoms with van der Waals surface area (Å²) in [6.45, 7) is 4.43. The second-order valence-electron chi connectivity index (χ2n) is 5.02. The smallest absolute Gasteiger partial charge is 0.0546 e. The van der Waals surface area contributed by atoms with Crippen molar-refractivity contribution < 1.29 is 4.74 Å². The van der Waals surface area contributed by atoms with E-state index < -0.39 is 0 Å². The predicted octanol–water partition coefficient (Wildman–Crippen LogP) is 2.73. The molecule has 1 N–H and O–H groups in total. The SMILES string of the molecule is COC(C)CCc1ccc(C2CCNC2)cc1. The molecule has 1 fully saturated rings. The van der Waals surface area contributed by atoms with E-state index in [1.54, 1.807) is 7.11 Å². The second-order valence-corrected chi connectivity index (χ2v) is 5.02. The zero-order chi connectivity index (χ0) is 12.1. The highest BCUT2D eigenvalue weighted by Gasteiger charge is 2.15. The van der Waals surface area contributed by atoms with E-state index in [1.165, 1.54) is 17.5 Å². The van der Waals surface area contributed by atoms with Crippen LogP contribution in [0.5, 0.6) is 0 Å². The number of aryl methyl sites for hydroxylation is 1. The third-order valence-electron chi connectivity index (χ3n) is 3.75. The number of hydrogen-bond acceptors (Lipinski definition) is 2. The molecule has 2 heteroatoms. The van der Waals surface area contributed by atoms with Gasteiger partial charge in [-0.1, -0.05) is 24.3 Å². The highest BCUT2D eigenvalue weighted by molar-refractivity contribution is 5.26. The number of rotatable bonds is 5. The summed E-state index contributed by atoms with van der Waals surface area (Å²) in [5.41, 5.74) is 2.90. The van der Waals surface area contributed by atoms with Gasteiger partial charge in [0.1, 0.15) is 0 Å². The van der Waals surface area contributed by atoms with Crippen molar-refractivity contribution in [3.63, 3.8) is 0 Å². The molecule has 1 heterocycles. The lowest BCUT2D eigenvalue weighted by Crippen LogP contribution is -2.08. The summed E-state index contributed by atoms with van der Waals surface area (Å²) >= 11 is 0. The van der Waals surface area contributed by atoms with Crippen LogP contribution in [-0.4, -0.2) is 26.3 Å². The molecule has 1 aromatic rings. The fraction of sp³-hybridized carbons (Fsp3) is 0.600. The van der Waals surface area contributed by atoms with Crippen molar-refractivity contribution >= 4 is 0 Å². The molecule has 1 aliphatic rings. The minimum absolute atomic E-state index is 0.355. The molecule has 0 bridgehead atoms. The molecule has 2 unspecified atom stereocenters. The van der Waals surface area contributed by atoms with Gasteiger partial charge < -0.3 is 10.1 Å². The standard InChI is InChI=1S/C15H23NO/c1-12(17-2)3-4-13-5-7-14(8-6-13)15-9-10-16-11-15/h5-8,12,15-16H,3-4,9-11H2,1-2H3. The van der Waals surface area contributed by atoms with Gasteiger partial charge in [-0.3, -0.25) is 0 Å². The Labute approximate surface area is 104 Å². The molecular weight excluding hydrogens is 210 g/mol. The van der Waals surface area contributed by atoms with Crippen LogP contribution in [0.25, 0.3) is 0 Å². The van der Waals surface area contributed by atoms with Gasteiger partial charge in [0.05, 0.1) is 6.10 Å². The molecule has 0 amide bonds. The van der Waals surface area contributed by atoms with Crippen molar-refractivity contribution in [3.8, 4) is 0 Å². The van der Waals surface area contributed by atoms with E-state index in [0.29, 0.717) is 6.10 Å². The quantitative estimate of drug-likeness (QED) is 0.844. The van der Waals surface area contributed by atoms with Crippen molar-refractivity contribution in [1.29, 1.82) is 0 Å². The number of ether oxygens (including phenoxy) is 1. The van der Waals surface area contributed by atoms with E-state index in [9.17, 15) is 0 Å². The van der Waals surface area contributed by atoms with Crippen molar-refractivity contribution in [1.82, 2.24) is 5.32 Å². The highest BCUT2D eigenvalue weighted by Crippen LogP contribution is 2.22. The fourth-order valence-electron chi connectivity index (χ4n) is 2.38. The maximum absolute atomic E-state index is 5.27. The van der Waals surface area contributed by atoms with Crippen LogP contribution >= 0.6 is 0 Å². The lowest BCUT2D eigenvalue weighted by atomic mass is 9.96. The van der Waals surface area contributed by atoms with Crippen LogP contribution in [0.15, 0.2) is 24.3 Å². The molecule has 17 heavy (non-hydrogen) atoms. The molecule has 0 aliphatic carbocycles. The Hall–Kier alpha value is -0.860. The lowest BCUT2D eigenvalue weighted by Gasteiger charge is -2.11. The van der Waals surface area contributed by atoms with Gasteiger partial charge >= 0.3 is 0 Å². The van der Waals surface area contributed by atoms with Gasteiger partial charge in [0.2, 0.25) is 0 Å². The van der Waals surface area contributed by atoms with Gasteiger partial charge in [0.25, 0.3) is 0 Å². The van der Waals surface area contributed by atoms with E-state index in [4.69, 9.17) is 4.74 Å².